The van der Waals surface area contributed by atoms with E-state index in [1.807, 2.05) is 12.1 Å². The lowest BCUT2D eigenvalue weighted by atomic mass is 9.60. The predicted octanol–water partition coefficient (Wildman–Crippen LogP) is 3.30. The molecule has 5 rings (SSSR count). The van der Waals surface area contributed by atoms with Gasteiger partial charge in [0.2, 0.25) is 0 Å². The van der Waals surface area contributed by atoms with Crippen molar-refractivity contribution >= 4 is 0 Å². The standard InChI is InChI=1S/C20H22O2/c1-20(2,3)11-8-9-14-15(10-11)17-13-7-5-4-6-12(13)16(14)18(21)19(17)22/h4-10,16-19,21-22H,1-3H3/t16-,17-,18+,19+/m1/s1. The van der Waals surface area contributed by atoms with Crippen LogP contribution >= 0.6 is 0 Å². The summed E-state index contributed by atoms with van der Waals surface area (Å²) in [4.78, 5) is 0. The molecule has 0 radical (unpaired) electrons. The molecule has 2 aromatic rings. The second kappa shape index (κ2) is 4.43. The second-order valence-electron chi connectivity index (χ2n) is 7.66. The predicted molar refractivity (Wildman–Crippen MR) is 87.3 cm³/mol. The number of benzene rings is 2. The van der Waals surface area contributed by atoms with Crippen molar-refractivity contribution in [3.05, 3.63) is 70.3 Å². The van der Waals surface area contributed by atoms with Crippen LogP contribution in [0.3, 0.4) is 0 Å². The van der Waals surface area contributed by atoms with Crippen LogP contribution in [0.2, 0.25) is 0 Å². The van der Waals surface area contributed by atoms with Crippen molar-refractivity contribution < 1.29 is 10.2 Å². The molecular weight excluding hydrogens is 272 g/mol. The summed E-state index contributed by atoms with van der Waals surface area (Å²) in [6.45, 7) is 6.61. The summed E-state index contributed by atoms with van der Waals surface area (Å²) in [6, 6.07) is 14.8. The lowest BCUT2D eigenvalue weighted by Gasteiger charge is -2.47. The minimum Gasteiger partial charge on any atom is -0.389 e. The normalized spacial score (nSPS) is 29.1. The summed E-state index contributed by atoms with van der Waals surface area (Å²) in [5.74, 6) is -0.228. The van der Waals surface area contributed by atoms with Gasteiger partial charge >= 0.3 is 0 Å². The molecule has 2 nitrogen and oxygen atoms in total. The van der Waals surface area contributed by atoms with E-state index in [1.165, 1.54) is 27.8 Å². The van der Waals surface area contributed by atoms with Gasteiger partial charge in [-0.2, -0.15) is 0 Å². The van der Waals surface area contributed by atoms with Crippen molar-refractivity contribution in [3.63, 3.8) is 0 Å². The van der Waals surface area contributed by atoms with Crippen molar-refractivity contribution in [3.8, 4) is 0 Å². The average molecular weight is 294 g/mol. The number of hydrogen-bond donors (Lipinski definition) is 2. The van der Waals surface area contributed by atoms with E-state index in [9.17, 15) is 10.2 Å². The first-order valence-corrected chi connectivity index (χ1v) is 7.99. The summed E-state index contributed by atoms with van der Waals surface area (Å²) in [6.07, 6.45) is -1.43. The third kappa shape index (κ3) is 1.74. The maximum absolute atomic E-state index is 10.6. The second-order valence-corrected chi connectivity index (χ2v) is 7.66. The summed E-state index contributed by atoms with van der Waals surface area (Å²) in [5.41, 5.74) is 6.06. The van der Waals surface area contributed by atoms with E-state index >= 15 is 0 Å². The zero-order chi connectivity index (χ0) is 15.6. The molecule has 3 aliphatic carbocycles. The van der Waals surface area contributed by atoms with E-state index in [1.54, 1.807) is 0 Å². The Bertz CT molecular complexity index is 742. The fourth-order valence-electron chi connectivity index (χ4n) is 4.14. The molecule has 114 valence electrons. The molecule has 0 fully saturated rings. The number of aliphatic hydroxyl groups excluding tert-OH is 2. The van der Waals surface area contributed by atoms with Crippen LogP contribution in [-0.4, -0.2) is 22.4 Å². The highest BCUT2D eigenvalue weighted by Gasteiger charge is 2.48. The lowest BCUT2D eigenvalue weighted by Crippen LogP contribution is -2.47. The quantitative estimate of drug-likeness (QED) is 0.782. The molecule has 2 heteroatoms. The van der Waals surface area contributed by atoms with Crippen molar-refractivity contribution in [2.24, 2.45) is 0 Å². The molecule has 3 aliphatic rings. The monoisotopic (exact) mass is 294 g/mol. The Kier molecular flexibility index (Phi) is 2.82. The molecule has 0 spiro atoms. The Morgan fingerprint density at radius 3 is 1.77 bits per heavy atom. The van der Waals surface area contributed by atoms with E-state index in [2.05, 4.69) is 51.1 Å². The van der Waals surface area contributed by atoms with Crippen LogP contribution in [0, 0.1) is 0 Å². The molecule has 22 heavy (non-hydrogen) atoms. The van der Waals surface area contributed by atoms with Gasteiger partial charge in [-0.05, 0) is 33.2 Å². The number of hydrogen-bond acceptors (Lipinski definition) is 2. The highest BCUT2D eigenvalue weighted by atomic mass is 16.3. The summed E-state index contributed by atoms with van der Waals surface area (Å²) < 4.78 is 0. The summed E-state index contributed by atoms with van der Waals surface area (Å²) in [7, 11) is 0. The molecule has 0 heterocycles. The van der Waals surface area contributed by atoms with Gasteiger partial charge < -0.3 is 10.2 Å². The van der Waals surface area contributed by atoms with Crippen molar-refractivity contribution in [2.45, 2.75) is 50.2 Å². The van der Waals surface area contributed by atoms with E-state index in [0.29, 0.717) is 0 Å². The number of fused-ring (bicyclic) bond motifs is 1. The molecule has 0 aliphatic heterocycles. The van der Waals surface area contributed by atoms with Gasteiger partial charge in [0, 0.05) is 11.8 Å². The topological polar surface area (TPSA) is 40.5 Å². The van der Waals surface area contributed by atoms with Gasteiger partial charge in [0.05, 0.1) is 12.2 Å². The Labute approximate surface area is 131 Å². The number of rotatable bonds is 0. The van der Waals surface area contributed by atoms with Crippen LogP contribution in [0.1, 0.15) is 60.4 Å². The molecule has 4 atom stereocenters. The van der Waals surface area contributed by atoms with E-state index in [-0.39, 0.29) is 17.3 Å². The van der Waals surface area contributed by atoms with Gasteiger partial charge in [0.1, 0.15) is 0 Å². The van der Waals surface area contributed by atoms with Crippen LogP contribution < -0.4 is 0 Å². The maximum atomic E-state index is 10.6. The fourth-order valence-corrected chi connectivity index (χ4v) is 4.14. The van der Waals surface area contributed by atoms with Crippen LogP contribution in [0.4, 0.5) is 0 Å². The van der Waals surface area contributed by atoms with Gasteiger partial charge in [-0.3, -0.25) is 0 Å². The van der Waals surface area contributed by atoms with E-state index in [4.69, 9.17) is 0 Å². The third-order valence-corrected chi connectivity index (χ3v) is 5.32. The van der Waals surface area contributed by atoms with Crippen LogP contribution in [0.15, 0.2) is 42.5 Å². The Morgan fingerprint density at radius 2 is 1.23 bits per heavy atom. The smallest absolute Gasteiger partial charge is 0.0917 e. The molecule has 2 bridgehead atoms. The largest absolute Gasteiger partial charge is 0.389 e. The fraction of sp³-hybridized carbons (Fsp3) is 0.400. The van der Waals surface area contributed by atoms with E-state index < -0.39 is 12.2 Å². The SMILES string of the molecule is CC(C)(C)c1ccc2c(c1)[C@H]1c3ccccc3[C@H]2[C@H](O)[C@H]1O. The highest BCUT2D eigenvalue weighted by Crippen LogP contribution is 2.53. The third-order valence-electron chi connectivity index (χ3n) is 5.32. The number of aliphatic hydroxyl groups is 2. The van der Waals surface area contributed by atoms with Gasteiger partial charge in [-0.1, -0.05) is 63.2 Å². The summed E-state index contributed by atoms with van der Waals surface area (Å²) >= 11 is 0. The van der Waals surface area contributed by atoms with Gasteiger partial charge in [0.15, 0.2) is 0 Å². The van der Waals surface area contributed by atoms with Gasteiger partial charge in [0.25, 0.3) is 0 Å². The molecule has 0 saturated heterocycles. The minimum absolute atomic E-state index is 0.0782. The average Bonchev–Trinajstić information content (AvgIpc) is 2.49. The van der Waals surface area contributed by atoms with Crippen LogP contribution in [-0.2, 0) is 5.41 Å². The van der Waals surface area contributed by atoms with Gasteiger partial charge in [-0.15, -0.1) is 0 Å². The highest BCUT2D eigenvalue weighted by molar-refractivity contribution is 5.58. The van der Waals surface area contributed by atoms with Crippen LogP contribution in [0.5, 0.6) is 0 Å². The van der Waals surface area contributed by atoms with Crippen LogP contribution in [0.25, 0.3) is 0 Å². The zero-order valence-electron chi connectivity index (χ0n) is 13.2. The summed E-state index contributed by atoms with van der Waals surface area (Å²) in [5, 5.41) is 21.1. The van der Waals surface area contributed by atoms with Gasteiger partial charge in [-0.25, -0.2) is 0 Å². The van der Waals surface area contributed by atoms with Crippen molar-refractivity contribution in [2.75, 3.05) is 0 Å². The first-order chi connectivity index (χ1) is 10.4. The molecule has 0 amide bonds. The Morgan fingerprint density at radius 1 is 0.727 bits per heavy atom. The first-order valence-electron chi connectivity index (χ1n) is 7.99. The zero-order valence-corrected chi connectivity index (χ0v) is 13.2. The van der Waals surface area contributed by atoms with E-state index in [0.717, 1.165) is 0 Å². The molecule has 0 aromatic heterocycles. The molecule has 2 N–H and O–H groups in total. The van der Waals surface area contributed by atoms with Crippen molar-refractivity contribution in [1.82, 2.24) is 0 Å². The molecule has 0 unspecified atom stereocenters. The molecule has 2 aromatic carbocycles. The molecule has 0 saturated carbocycles. The first kappa shape index (κ1) is 14.0. The minimum atomic E-state index is -0.720. The lowest BCUT2D eigenvalue weighted by molar-refractivity contribution is -0.0154. The Hall–Kier alpha value is -1.64. The Balaban J connectivity index is 1.97. The van der Waals surface area contributed by atoms with Crippen molar-refractivity contribution in [1.29, 1.82) is 0 Å². The molecular formula is C20H22O2. The maximum Gasteiger partial charge on any atom is 0.0917 e.